The lowest BCUT2D eigenvalue weighted by Crippen LogP contribution is -2.57. The van der Waals surface area contributed by atoms with Crippen LogP contribution < -0.4 is 9.22 Å². The molecule has 1 atom stereocenters. The number of rotatable bonds is 5. The molecule has 1 unspecified atom stereocenters. The van der Waals surface area contributed by atoms with Crippen molar-refractivity contribution in [3.8, 4) is 5.75 Å². The molecule has 2 heterocycles. The van der Waals surface area contributed by atoms with E-state index >= 15 is 0 Å². The molecule has 0 radical (unpaired) electrons. The van der Waals surface area contributed by atoms with Crippen molar-refractivity contribution < 1.29 is 32.2 Å². The van der Waals surface area contributed by atoms with Gasteiger partial charge in [0.05, 0.1) is 23.6 Å². The second-order valence-corrected chi connectivity index (χ2v) is 11.0. The van der Waals surface area contributed by atoms with Gasteiger partial charge in [0.25, 0.3) is 0 Å². The number of imide groups is 1. The quantitative estimate of drug-likeness (QED) is 0.441. The van der Waals surface area contributed by atoms with Crippen LogP contribution in [0.1, 0.15) is 27.7 Å². The molecule has 0 aliphatic rings. The summed E-state index contributed by atoms with van der Waals surface area (Å²) >= 11 is 6.08. The van der Waals surface area contributed by atoms with Crippen molar-refractivity contribution in [2.75, 3.05) is 20.0 Å². The fraction of sp³-hybridized carbons (Fsp3) is 0.364. The Morgan fingerprint density at radius 2 is 1.83 bits per heavy atom. The van der Waals surface area contributed by atoms with E-state index in [4.69, 9.17) is 25.8 Å². The van der Waals surface area contributed by atoms with Gasteiger partial charge in [-0.2, -0.15) is 14.6 Å². The summed E-state index contributed by atoms with van der Waals surface area (Å²) in [5.74, 6) is -0.408. The van der Waals surface area contributed by atoms with Crippen LogP contribution in [0.2, 0.25) is 5.02 Å². The highest BCUT2D eigenvalue weighted by Crippen LogP contribution is 2.43. The van der Waals surface area contributed by atoms with Crippen molar-refractivity contribution in [3.05, 3.63) is 41.6 Å². The van der Waals surface area contributed by atoms with Crippen LogP contribution in [0.15, 0.2) is 41.4 Å². The van der Waals surface area contributed by atoms with Gasteiger partial charge in [-0.3, -0.25) is 0 Å². The van der Waals surface area contributed by atoms with Crippen LogP contribution in [-0.4, -0.2) is 60.8 Å². The van der Waals surface area contributed by atoms with E-state index in [1.807, 2.05) is 0 Å². The number of methoxy groups -OCH3 is 1. The summed E-state index contributed by atoms with van der Waals surface area (Å²) < 4.78 is 40.6. The number of ether oxygens (including phenoxy) is 3. The molecule has 13 heteroatoms. The highest BCUT2D eigenvalue weighted by atomic mass is 35.5. The van der Waals surface area contributed by atoms with Crippen molar-refractivity contribution in [3.63, 3.8) is 0 Å². The number of carbonyl (C=O) groups is 2. The number of fused-ring (bicyclic) bond motifs is 1. The molecule has 0 N–H and O–H groups in total. The lowest BCUT2D eigenvalue weighted by molar-refractivity contribution is 0.0318. The van der Waals surface area contributed by atoms with Gasteiger partial charge in [-0.05, 0) is 50.4 Å². The monoisotopic (exact) mass is 525 g/mol. The van der Waals surface area contributed by atoms with E-state index in [1.165, 1.54) is 36.0 Å². The van der Waals surface area contributed by atoms with Gasteiger partial charge < -0.3 is 14.2 Å². The van der Waals surface area contributed by atoms with E-state index in [-0.39, 0.29) is 34.5 Å². The normalized spacial score (nSPS) is 13.8. The van der Waals surface area contributed by atoms with Gasteiger partial charge >= 0.3 is 18.1 Å². The molecule has 0 saturated carbocycles. The first kappa shape index (κ1) is 26.4. The number of sulfone groups is 1. The minimum atomic E-state index is -3.64. The maximum absolute atomic E-state index is 13.9. The molecule has 0 fully saturated rings. The third kappa shape index (κ3) is 5.09. The van der Waals surface area contributed by atoms with Crippen molar-refractivity contribution in [1.82, 2.24) is 19.1 Å². The fourth-order valence-corrected chi connectivity index (χ4v) is 4.04. The number of hydrogen-bond donors (Lipinski definition) is 0. The van der Waals surface area contributed by atoms with Crippen LogP contribution in [0.5, 0.6) is 5.75 Å². The molecule has 2 aromatic heterocycles. The van der Waals surface area contributed by atoms with Crippen LogP contribution in [0.3, 0.4) is 0 Å². The number of carbonyl (C=O) groups excluding carboxylic acids is 2. The minimum Gasteiger partial charge on any atom is -0.491 e. The van der Waals surface area contributed by atoms with E-state index in [9.17, 15) is 18.0 Å². The number of benzene rings is 1. The topological polar surface area (TPSA) is 126 Å². The summed E-state index contributed by atoms with van der Waals surface area (Å²) in [5.41, 5.74) is -0.837. The lowest BCUT2D eigenvalue weighted by atomic mass is 10.2. The molecular weight excluding hydrogens is 500 g/mol. The average molecular weight is 526 g/mol. The number of pyridine rings is 1. The van der Waals surface area contributed by atoms with E-state index in [0.717, 1.165) is 6.26 Å². The summed E-state index contributed by atoms with van der Waals surface area (Å²) in [4.78, 5) is 31.8. The predicted molar refractivity (Wildman–Crippen MR) is 129 cm³/mol. The Balaban J connectivity index is 2.46. The summed E-state index contributed by atoms with van der Waals surface area (Å²) in [6.07, 6.45) is 0.320. The molecule has 11 nitrogen and oxygen atoms in total. The Kier molecular flexibility index (Phi) is 7.12. The number of halogens is 1. The van der Waals surface area contributed by atoms with E-state index in [2.05, 4.69) is 10.1 Å². The van der Waals surface area contributed by atoms with Crippen molar-refractivity contribution in [2.45, 2.75) is 38.2 Å². The molecule has 0 aliphatic heterocycles. The number of nitrogens with zero attached hydrogens (tertiary/aromatic N) is 4. The number of quaternary nitrogens is 1. The maximum atomic E-state index is 13.9. The van der Waals surface area contributed by atoms with Crippen LogP contribution in [0.25, 0.3) is 5.65 Å². The van der Waals surface area contributed by atoms with E-state index in [0.29, 0.717) is 5.02 Å². The molecule has 0 saturated heterocycles. The molecule has 0 bridgehead atoms. The molecular formula is C22H26ClN4O7S+. The lowest BCUT2D eigenvalue weighted by Gasteiger charge is -2.30. The van der Waals surface area contributed by atoms with Gasteiger partial charge in [-0.15, -0.1) is 0 Å². The zero-order chi connectivity index (χ0) is 26.2. The second kappa shape index (κ2) is 9.44. The van der Waals surface area contributed by atoms with Crippen LogP contribution >= 0.6 is 11.6 Å². The third-order valence-electron chi connectivity index (χ3n) is 4.73. The smallest absolute Gasteiger partial charge is 0.491 e. The standard InChI is InChI=1S/C22H26ClN4O7S/c1-7-33-20(28)27(21(29)34-22(2,3)4,19-24-18-11-8-14(23)13-26(18)25-19)16-10-9-15(35(6,30)31)12-17(16)32-5/h8-13H,7H2,1-6H3/q+1. The predicted octanol–water partition coefficient (Wildman–Crippen LogP) is 4.53. The second-order valence-electron chi connectivity index (χ2n) is 8.52. The third-order valence-corrected chi connectivity index (χ3v) is 6.07. The zero-order valence-electron chi connectivity index (χ0n) is 20.1. The van der Waals surface area contributed by atoms with Crippen molar-refractivity contribution >= 4 is 50.9 Å². The van der Waals surface area contributed by atoms with Gasteiger partial charge in [-0.1, -0.05) is 16.7 Å². The first-order valence-electron chi connectivity index (χ1n) is 10.4. The van der Waals surface area contributed by atoms with Crippen LogP contribution in [0, 0.1) is 0 Å². The van der Waals surface area contributed by atoms with Crippen molar-refractivity contribution in [1.29, 1.82) is 0 Å². The van der Waals surface area contributed by atoms with Gasteiger partial charge in [0.2, 0.25) is 5.69 Å². The summed E-state index contributed by atoms with van der Waals surface area (Å²) in [5, 5.41) is 4.68. The molecule has 3 aromatic rings. The Morgan fingerprint density at radius 3 is 2.40 bits per heavy atom. The number of hydrogen-bond acceptors (Lipinski definition) is 9. The molecule has 0 spiro atoms. The Bertz CT molecular complexity index is 1400. The molecule has 35 heavy (non-hydrogen) atoms. The number of aromatic nitrogens is 3. The van der Waals surface area contributed by atoms with Gasteiger partial charge in [-0.25, -0.2) is 12.9 Å². The first-order chi connectivity index (χ1) is 16.2. The van der Waals surface area contributed by atoms with E-state index in [1.54, 1.807) is 39.8 Å². The zero-order valence-corrected chi connectivity index (χ0v) is 21.7. The molecule has 188 valence electrons. The Morgan fingerprint density at radius 1 is 1.14 bits per heavy atom. The Hall–Kier alpha value is -3.22. The summed E-state index contributed by atoms with van der Waals surface area (Å²) in [7, 11) is -2.36. The molecule has 1 aromatic carbocycles. The van der Waals surface area contributed by atoms with Gasteiger partial charge in [0, 0.05) is 24.6 Å². The van der Waals surface area contributed by atoms with Gasteiger partial charge in [0.15, 0.2) is 21.2 Å². The largest absolute Gasteiger partial charge is 0.540 e. The minimum absolute atomic E-state index is 0.0788. The van der Waals surface area contributed by atoms with Crippen LogP contribution in [-0.2, 0) is 19.3 Å². The maximum Gasteiger partial charge on any atom is 0.540 e. The SMILES string of the molecule is CCOC(=O)[N+](C(=O)OC(C)(C)C)(c1nc2ccc(Cl)cn2n1)c1ccc(S(C)(=O)=O)cc1OC. The molecule has 0 aliphatic carbocycles. The highest BCUT2D eigenvalue weighted by molar-refractivity contribution is 7.90. The summed E-state index contributed by atoms with van der Waals surface area (Å²) in [6, 6.07) is 6.85. The number of amides is 2. The first-order valence-corrected chi connectivity index (χ1v) is 12.7. The highest BCUT2D eigenvalue weighted by Gasteiger charge is 2.60. The van der Waals surface area contributed by atoms with E-state index < -0.39 is 32.1 Å². The van der Waals surface area contributed by atoms with Crippen molar-refractivity contribution in [2.24, 2.45) is 0 Å². The fourth-order valence-electron chi connectivity index (χ4n) is 3.25. The average Bonchev–Trinajstić information content (AvgIpc) is 3.15. The Labute approximate surface area is 207 Å². The molecule has 2 amide bonds. The van der Waals surface area contributed by atoms with Gasteiger partial charge in [0.1, 0.15) is 5.60 Å². The molecule has 3 rings (SSSR count). The summed E-state index contributed by atoms with van der Waals surface area (Å²) in [6.45, 7) is 6.38. The van der Waals surface area contributed by atoms with Crippen LogP contribution in [0.4, 0.5) is 21.2 Å².